The Kier molecular flexibility index (Phi) is 4.86. The minimum Gasteiger partial charge on any atom is -0.494 e. The summed E-state index contributed by atoms with van der Waals surface area (Å²) in [7, 11) is 2.70. The number of ether oxygens (including phenoxy) is 1. The first-order valence-corrected chi connectivity index (χ1v) is 8.81. The fourth-order valence-electron chi connectivity index (χ4n) is 3.13. The van der Waals surface area contributed by atoms with Crippen molar-refractivity contribution >= 4 is 17.4 Å². The fraction of sp³-hybridized carbons (Fsp3) is 0.0952. The maximum Gasteiger partial charge on any atom is 0.277 e. The maximum absolute atomic E-state index is 14.3. The molecule has 4 aromatic rings. The van der Waals surface area contributed by atoms with E-state index in [-0.39, 0.29) is 28.6 Å². The van der Waals surface area contributed by atoms with Crippen LogP contribution in [-0.4, -0.2) is 34.4 Å². The van der Waals surface area contributed by atoms with E-state index in [4.69, 9.17) is 4.74 Å². The minimum atomic E-state index is -0.894. The van der Waals surface area contributed by atoms with Gasteiger partial charge in [-0.05, 0) is 36.4 Å². The first kappa shape index (κ1) is 19.4. The number of methoxy groups -OCH3 is 1. The number of hydrogen-bond donors (Lipinski definition) is 0. The van der Waals surface area contributed by atoms with Crippen molar-refractivity contribution in [2.45, 2.75) is 0 Å². The lowest BCUT2D eigenvalue weighted by atomic mass is 10.1. The van der Waals surface area contributed by atoms with Crippen LogP contribution in [0.2, 0.25) is 0 Å². The number of hydrogen-bond acceptors (Lipinski definition) is 4. The molecule has 0 spiro atoms. The van der Waals surface area contributed by atoms with E-state index < -0.39 is 23.4 Å². The van der Waals surface area contributed by atoms with Gasteiger partial charge in [-0.3, -0.25) is 9.20 Å². The third-order valence-electron chi connectivity index (χ3n) is 4.61. The van der Waals surface area contributed by atoms with Crippen LogP contribution in [0.5, 0.6) is 5.75 Å². The largest absolute Gasteiger partial charge is 0.494 e. The van der Waals surface area contributed by atoms with Crippen molar-refractivity contribution in [3.8, 4) is 17.0 Å². The number of benzene rings is 2. The zero-order valence-electron chi connectivity index (χ0n) is 15.9. The van der Waals surface area contributed by atoms with Gasteiger partial charge in [0.2, 0.25) is 5.78 Å². The van der Waals surface area contributed by atoms with Gasteiger partial charge in [0.25, 0.3) is 5.91 Å². The van der Waals surface area contributed by atoms with Crippen LogP contribution in [0.3, 0.4) is 0 Å². The van der Waals surface area contributed by atoms with Crippen LogP contribution in [0.1, 0.15) is 10.5 Å². The second kappa shape index (κ2) is 7.51. The standard InChI is InChI=1S/C21H15F3N4O2/c1-27(16-6-5-13(22)11-14(16)23)20(29)19-18(26-21-25-8-3-9-28(19)21)12-4-7-17(30-2)15(24)10-12/h3-11H,1-2H3. The Balaban J connectivity index is 1.88. The molecule has 0 saturated carbocycles. The molecule has 0 atom stereocenters. The molecule has 2 aromatic heterocycles. The lowest BCUT2D eigenvalue weighted by Crippen LogP contribution is -2.28. The molecular weight excluding hydrogens is 397 g/mol. The Morgan fingerprint density at radius 3 is 2.60 bits per heavy atom. The monoisotopic (exact) mass is 412 g/mol. The molecule has 152 valence electrons. The number of amides is 1. The normalized spacial score (nSPS) is 11.0. The number of aromatic nitrogens is 3. The first-order valence-electron chi connectivity index (χ1n) is 8.81. The molecule has 2 aromatic carbocycles. The molecule has 0 radical (unpaired) electrons. The Bertz CT molecular complexity index is 1270. The number of fused-ring (bicyclic) bond motifs is 1. The van der Waals surface area contributed by atoms with Gasteiger partial charge in [-0.1, -0.05) is 0 Å². The smallest absolute Gasteiger partial charge is 0.277 e. The molecule has 0 aliphatic heterocycles. The predicted molar refractivity (Wildman–Crippen MR) is 104 cm³/mol. The number of nitrogens with zero attached hydrogens (tertiary/aromatic N) is 4. The molecular formula is C21H15F3N4O2. The predicted octanol–water partition coefficient (Wildman–Crippen LogP) is 4.10. The highest BCUT2D eigenvalue weighted by molar-refractivity contribution is 6.09. The second-order valence-electron chi connectivity index (χ2n) is 6.41. The van der Waals surface area contributed by atoms with Gasteiger partial charge in [-0.25, -0.2) is 23.1 Å². The van der Waals surface area contributed by atoms with Crippen molar-refractivity contribution in [3.63, 3.8) is 0 Å². The summed E-state index contributed by atoms with van der Waals surface area (Å²) in [6, 6.07) is 8.67. The highest BCUT2D eigenvalue weighted by Gasteiger charge is 2.26. The summed E-state index contributed by atoms with van der Waals surface area (Å²) in [5.41, 5.74) is 0.408. The Labute approximate surface area is 169 Å². The van der Waals surface area contributed by atoms with Crippen LogP contribution in [0.25, 0.3) is 17.0 Å². The van der Waals surface area contributed by atoms with Gasteiger partial charge < -0.3 is 9.64 Å². The van der Waals surface area contributed by atoms with E-state index in [1.165, 1.54) is 36.9 Å². The van der Waals surface area contributed by atoms with E-state index in [2.05, 4.69) is 9.97 Å². The second-order valence-corrected chi connectivity index (χ2v) is 6.41. The zero-order valence-corrected chi connectivity index (χ0v) is 15.9. The number of anilines is 1. The van der Waals surface area contributed by atoms with Crippen molar-refractivity contribution in [1.29, 1.82) is 0 Å². The summed E-state index contributed by atoms with van der Waals surface area (Å²) in [5.74, 6) is -2.66. The molecule has 6 nitrogen and oxygen atoms in total. The molecule has 2 heterocycles. The van der Waals surface area contributed by atoms with Gasteiger partial charge in [-0.2, -0.15) is 0 Å². The quantitative estimate of drug-likeness (QED) is 0.507. The molecule has 0 aliphatic carbocycles. The summed E-state index contributed by atoms with van der Waals surface area (Å²) < 4.78 is 48.2. The molecule has 4 rings (SSSR count). The maximum atomic E-state index is 14.3. The zero-order chi connectivity index (χ0) is 21.4. The van der Waals surface area contributed by atoms with E-state index >= 15 is 0 Å². The number of carbonyl (C=O) groups is 1. The Hall–Kier alpha value is -3.88. The molecule has 0 aliphatic rings. The van der Waals surface area contributed by atoms with Crippen molar-refractivity contribution in [1.82, 2.24) is 14.4 Å². The van der Waals surface area contributed by atoms with E-state index in [1.54, 1.807) is 18.3 Å². The number of rotatable bonds is 4. The molecule has 0 saturated heterocycles. The van der Waals surface area contributed by atoms with Crippen LogP contribution < -0.4 is 9.64 Å². The average molecular weight is 412 g/mol. The Morgan fingerprint density at radius 2 is 1.90 bits per heavy atom. The van der Waals surface area contributed by atoms with Gasteiger partial charge >= 0.3 is 0 Å². The highest BCUT2D eigenvalue weighted by Crippen LogP contribution is 2.30. The lowest BCUT2D eigenvalue weighted by Gasteiger charge is -2.18. The average Bonchev–Trinajstić information content (AvgIpc) is 3.12. The summed E-state index contributed by atoms with van der Waals surface area (Å²) in [6.45, 7) is 0. The molecule has 9 heteroatoms. The van der Waals surface area contributed by atoms with Gasteiger partial charge in [0.05, 0.1) is 12.8 Å². The van der Waals surface area contributed by atoms with Crippen LogP contribution in [-0.2, 0) is 0 Å². The highest BCUT2D eigenvalue weighted by atomic mass is 19.1. The third-order valence-corrected chi connectivity index (χ3v) is 4.61. The van der Waals surface area contributed by atoms with Crippen molar-refractivity contribution in [3.05, 3.63) is 78.0 Å². The topological polar surface area (TPSA) is 59.7 Å². The van der Waals surface area contributed by atoms with Gasteiger partial charge in [0.1, 0.15) is 23.0 Å². The van der Waals surface area contributed by atoms with Crippen molar-refractivity contribution < 1.29 is 22.7 Å². The number of halogens is 3. The van der Waals surface area contributed by atoms with Crippen LogP contribution in [0.15, 0.2) is 54.9 Å². The van der Waals surface area contributed by atoms with Gasteiger partial charge in [0, 0.05) is 31.1 Å². The SMILES string of the molecule is COc1ccc(-c2nc3ncccn3c2C(=O)N(C)c2ccc(F)cc2F)cc1F. The van der Waals surface area contributed by atoms with E-state index in [9.17, 15) is 18.0 Å². The van der Waals surface area contributed by atoms with Gasteiger partial charge in [-0.15, -0.1) is 0 Å². The van der Waals surface area contributed by atoms with E-state index in [0.29, 0.717) is 11.6 Å². The fourth-order valence-corrected chi connectivity index (χ4v) is 3.13. The number of carbonyl (C=O) groups excluding carboxylic acids is 1. The van der Waals surface area contributed by atoms with Crippen LogP contribution in [0, 0.1) is 17.5 Å². The van der Waals surface area contributed by atoms with E-state index in [1.807, 2.05) is 0 Å². The number of imidazole rings is 1. The summed E-state index contributed by atoms with van der Waals surface area (Å²) >= 11 is 0. The lowest BCUT2D eigenvalue weighted by molar-refractivity contribution is 0.0987. The molecule has 0 fully saturated rings. The summed E-state index contributed by atoms with van der Waals surface area (Å²) in [4.78, 5) is 22.8. The molecule has 0 bridgehead atoms. The van der Waals surface area contributed by atoms with E-state index in [0.717, 1.165) is 17.0 Å². The molecule has 0 unspecified atom stereocenters. The molecule has 0 N–H and O–H groups in total. The van der Waals surface area contributed by atoms with Gasteiger partial charge in [0.15, 0.2) is 11.6 Å². The van der Waals surface area contributed by atoms with Crippen molar-refractivity contribution in [2.24, 2.45) is 0 Å². The summed E-state index contributed by atoms with van der Waals surface area (Å²) in [6.07, 6.45) is 3.07. The Morgan fingerprint density at radius 1 is 1.10 bits per heavy atom. The van der Waals surface area contributed by atoms with Crippen LogP contribution >= 0.6 is 0 Å². The summed E-state index contributed by atoms with van der Waals surface area (Å²) in [5, 5.41) is 0. The third kappa shape index (κ3) is 3.24. The van der Waals surface area contributed by atoms with Crippen LogP contribution in [0.4, 0.5) is 18.9 Å². The minimum absolute atomic E-state index is 0.0408. The van der Waals surface area contributed by atoms with Crippen molar-refractivity contribution in [2.75, 3.05) is 19.1 Å². The molecule has 30 heavy (non-hydrogen) atoms. The molecule has 1 amide bonds. The first-order chi connectivity index (χ1) is 14.4.